The van der Waals surface area contributed by atoms with E-state index in [-0.39, 0.29) is 18.1 Å². The van der Waals surface area contributed by atoms with Gasteiger partial charge in [0.1, 0.15) is 5.82 Å². The van der Waals surface area contributed by atoms with E-state index < -0.39 is 5.60 Å². The lowest BCUT2D eigenvalue weighted by atomic mass is 9.82. The maximum atomic E-state index is 13.0. The zero-order valence-corrected chi connectivity index (χ0v) is 14.1. The van der Waals surface area contributed by atoms with Crippen molar-refractivity contribution in [2.24, 2.45) is 5.92 Å². The van der Waals surface area contributed by atoms with Crippen LogP contribution in [0.1, 0.15) is 44.9 Å². The molecule has 1 saturated heterocycles. The summed E-state index contributed by atoms with van der Waals surface area (Å²) in [6.45, 7) is 2.44. The molecule has 24 heavy (non-hydrogen) atoms. The van der Waals surface area contributed by atoms with Crippen LogP contribution in [0.3, 0.4) is 0 Å². The van der Waals surface area contributed by atoms with Crippen molar-refractivity contribution in [2.45, 2.75) is 50.5 Å². The van der Waals surface area contributed by atoms with Gasteiger partial charge in [0.05, 0.1) is 12.0 Å². The molecule has 1 amide bonds. The van der Waals surface area contributed by atoms with Gasteiger partial charge in [0.25, 0.3) is 0 Å². The molecule has 5 heteroatoms. The molecule has 4 nitrogen and oxygen atoms in total. The van der Waals surface area contributed by atoms with Crippen molar-refractivity contribution in [1.29, 1.82) is 0 Å². The molecule has 1 aliphatic carbocycles. The minimum atomic E-state index is -0.793. The Morgan fingerprint density at radius 2 is 1.96 bits per heavy atom. The third-order valence-corrected chi connectivity index (χ3v) is 5.34. The summed E-state index contributed by atoms with van der Waals surface area (Å²) >= 11 is 0. The molecular formula is C19H27FN2O2. The number of rotatable bonds is 5. The van der Waals surface area contributed by atoms with E-state index in [0.29, 0.717) is 12.5 Å². The molecule has 132 valence electrons. The fourth-order valence-electron chi connectivity index (χ4n) is 3.89. The van der Waals surface area contributed by atoms with Crippen LogP contribution in [0.4, 0.5) is 10.1 Å². The molecule has 2 fully saturated rings. The number of carbonyl (C=O) groups excluding carboxylic acids is 1. The molecule has 1 unspecified atom stereocenters. The van der Waals surface area contributed by atoms with Gasteiger partial charge in [-0.3, -0.25) is 4.79 Å². The molecule has 1 saturated carbocycles. The van der Waals surface area contributed by atoms with Crippen LogP contribution in [0.5, 0.6) is 0 Å². The van der Waals surface area contributed by atoms with Crippen LogP contribution in [0.2, 0.25) is 0 Å². The van der Waals surface area contributed by atoms with Crippen LogP contribution in [0.25, 0.3) is 0 Å². The number of nitrogens with zero attached hydrogens (tertiary/aromatic N) is 1. The lowest BCUT2D eigenvalue weighted by molar-refractivity contribution is -0.127. The third kappa shape index (κ3) is 4.47. The van der Waals surface area contributed by atoms with E-state index in [0.717, 1.165) is 57.3 Å². The van der Waals surface area contributed by atoms with Gasteiger partial charge in [-0.25, -0.2) is 4.39 Å². The molecular weight excluding hydrogens is 307 g/mol. The minimum Gasteiger partial charge on any atom is -0.389 e. The van der Waals surface area contributed by atoms with Crippen molar-refractivity contribution in [2.75, 3.05) is 24.5 Å². The largest absolute Gasteiger partial charge is 0.389 e. The number of hydrogen-bond donors (Lipinski definition) is 2. The van der Waals surface area contributed by atoms with Crippen molar-refractivity contribution >= 4 is 11.6 Å². The van der Waals surface area contributed by atoms with Crippen molar-refractivity contribution in [1.82, 2.24) is 5.32 Å². The quantitative estimate of drug-likeness (QED) is 0.871. The molecule has 2 aliphatic rings. The maximum Gasteiger partial charge on any atom is 0.222 e. The number of carbonyl (C=O) groups is 1. The molecule has 3 rings (SSSR count). The van der Waals surface area contributed by atoms with E-state index in [1.165, 1.54) is 12.1 Å². The Morgan fingerprint density at radius 1 is 1.25 bits per heavy atom. The maximum absolute atomic E-state index is 13.0. The SMILES string of the molecule is O=C(CC1(O)CCCCC1)NCC1CCN(c2ccc(F)cc2)C1. The van der Waals surface area contributed by atoms with Gasteiger partial charge in [0.2, 0.25) is 5.91 Å². The highest BCUT2D eigenvalue weighted by atomic mass is 19.1. The Balaban J connectivity index is 1.42. The lowest BCUT2D eigenvalue weighted by Crippen LogP contribution is -2.40. The van der Waals surface area contributed by atoms with Crippen LogP contribution in [0, 0.1) is 11.7 Å². The molecule has 0 spiro atoms. The second kappa shape index (κ2) is 7.51. The van der Waals surface area contributed by atoms with Gasteiger partial charge >= 0.3 is 0 Å². The van der Waals surface area contributed by atoms with Gasteiger partial charge < -0.3 is 15.3 Å². The number of amides is 1. The molecule has 1 aromatic carbocycles. The highest BCUT2D eigenvalue weighted by Gasteiger charge is 2.32. The van der Waals surface area contributed by atoms with E-state index >= 15 is 0 Å². The Kier molecular flexibility index (Phi) is 5.39. The van der Waals surface area contributed by atoms with Gasteiger partial charge in [0, 0.05) is 25.3 Å². The van der Waals surface area contributed by atoms with E-state index in [2.05, 4.69) is 10.2 Å². The summed E-state index contributed by atoms with van der Waals surface area (Å²) in [6.07, 6.45) is 5.90. The van der Waals surface area contributed by atoms with Crippen LogP contribution in [-0.4, -0.2) is 36.2 Å². The Hall–Kier alpha value is -1.62. The fraction of sp³-hybridized carbons (Fsp3) is 0.632. The third-order valence-electron chi connectivity index (χ3n) is 5.34. The monoisotopic (exact) mass is 334 g/mol. The Labute approximate surface area is 143 Å². The van der Waals surface area contributed by atoms with E-state index in [9.17, 15) is 14.3 Å². The molecule has 0 bridgehead atoms. The second-order valence-corrected chi connectivity index (χ2v) is 7.34. The second-order valence-electron chi connectivity index (χ2n) is 7.34. The number of halogens is 1. The molecule has 1 aliphatic heterocycles. The van der Waals surface area contributed by atoms with E-state index in [1.807, 2.05) is 0 Å². The highest BCUT2D eigenvalue weighted by Crippen LogP contribution is 2.30. The number of nitrogens with one attached hydrogen (secondary N) is 1. The zero-order valence-electron chi connectivity index (χ0n) is 14.1. The van der Waals surface area contributed by atoms with Crippen LogP contribution in [-0.2, 0) is 4.79 Å². The summed E-state index contributed by atoms with van der Waals surface area (Å²) in [5, 5.41) is 13.4. The predicted octanol–water partition coefficient (Wildman–Crippen LogP) is 2.85. The smallest absolute Gasteiger partial charge is 0.222 e. The first kappa shape index (κ1) is 17.2. The summed E-state index contributed by atoms with van der Waals surface area (Å²) < 4.78 is 13.0. The predicted molar refractivity (Wildman–Crippen MR) is 92.4 cm³/mol. The summed E-state index contributed by atoms with van der Waals surface area (Å²) in [5.74, 6) is 0.141. The summed E-state index contributed by atoms with van der Waals surface area (Å²) in [6, 6.07) is 6.56. The highest BCUT2D eigenvalue weighted by molar-refractivity contribution is 5.77. The molecule has 1 heterocycles. The van der Waals surface area contributed by atoms with Gasteiger partial charge in [0.15, 0.2) is 0 Å². The normalized spacial score (nSPS) is 23.2. The zero-order chi connectivity index (χ0) is 17.0. The van der Waals surface area contributed by atoms with Crippen LogP contribution in [0.15, 0.2) is 24.3 Å². The number of aliphatic hydroxyl groups is 1. The minimum absolute atomic E-state index is 0.0420. The topological polar surface area (TPSA) is 52.6 Å². The van der Waals surface area contributed by atoms with Crippen LogP contribution < -0.4 is 10.2 Å². The van der Waals surface area contributed by atoms with Crippen molar-refractivity contribution in [3.8, 4) is 0 Å². The Morgan fingerprint density at radius 3 is 2.67 bits per heavy atom. The van der Waals surface area contributed by atoms with Gasteiger partial charge in [-0.15, -0.1) is 0 Å². The van der Waals surface area contributed by atoms with Crippen molar-refractivity contribution in [3.63, 3.8) is 0 Å². The Bertz CT molecular complexity index is 555. The number of anilines is 1. The standard InChI is InChI=1S/C19H27FN2O2/c20-16-4-6-17(7-5-16)22-11-8-15(14-22)13-21-18(23)12-19(24)9-2-1-3-10-19/h4-7,15,24H,1-3,8-14H2,(H,21,23). The van der Waals surface area contributed by atoms with E-state index in [4.69, 9.17) is 0 Å². The molecule has 2 N–H and O–H groups in total. The van der Waals surface area contributed by atoms with Gasteiger partial charge in [-0.2, -0.15) is 0 Å². The van der Waals surface area contributed by atoms with Crippen molar-refractivity contribution in [3.05, 3.63) is 30.1 Å². The lowest BCUT2D eigenvalue weighted by Gasteiger charge is -2.31. The molecule has 1 aromatic rings. The summed E-state index contributed by atoms with van der Waals surface area (Å²) in [4.78, 5) is 14.4. The first-order valence-corrected chi connectivity index (χ1v) is 9.04. The average molecular weight is 334 g/mol. The molecule has 1 atom stereocenters. The fourth-order valence-corrected chi connectivity index (χ4v) is 3.89. The molecule has 0 aromatic heterocycles. The number of hydrogen-bond acceptors (Lipinski definition) is 3. The van der Waals surface area contributed by atoms with Crippen LogP contribution >= 0.6 is 0 Å². The average Bonchev–Trinajstić information content (AvgIpc) is 3.03. The summed E-state index contributed by atoms with van der Waals surface area (Å²) in [7, 11) is 0. The van der Waals surface area contributed by atoms with Crippen molar-refractivity contribution < 1.29 is 14.3 Å². The summed E-state index contributed by atoms with van der Waals surface area (Å²) in [5.41, 5.74) is 0.236. The first-order chi connectivity index (χ1) is 11.5. The van der Waals surface area contributed by atoms with Gasteiger partial charge in [-0.05, 0) is 49.4 Å². The van der Waals surface area contributed by atoms with E-state index in [1.54, 1.807) is 12.1 Å². The number of benzene rings is 1. The molecule has 0 radical (unpaired) electrons. The van der Waals surface area contributed by atoms with Gasteiger partial charge in [-0.1, -0.05) is 19.3 Å². The first-order valence-electron chi connectivity index (χ1n) is 9.04.